The maximum atomic E-state index is 11.7. The van der Waals surface area contributed by atoms with E-state index in [1.807, 2.05) is 6.92 Å². The molecule has 1 aromatic carbocycles. The molecule has 0 N–H and O–H groups in total. The van der Waals surface area contributed by atoms with E-state index in [1.165, 1.54) is 37.9 Å². The lowest BCUT2D eigenvalue weighted by Crippen LogP contribution is -2.44. The van der Waals surface area contributed by atoms with Gasteiger partial charge in [0.05, 0.1) is 6.61 Å². The third kappa shape index (κ3) is 4.10. The van der Waals surface area contributed by atoms with Gasteiger partial charge in [0.25, 0.3) is 0 Å². The second-order valence-electron chi connectivity index (χ2n) is 6.99. The number of ether oxygens (including phenoxy) is 1. The molecule has 2 unspecified atom stereocenters. The summed E-state index contributed by atoms with van der Waals surface area (Å²) in [7, 11) is 0. The van der Waals surface area contributed by atoms with Gasteiger partial charge in [0.15, 0.2) is 0 Å². The van der Waals surface area contributed by atoms with E-state index in [2.05, 4.69) is 35.2 Å². The molecular weight excluding hydrogens is 274 g/mol. The van der Waals surface area contributed by atoms with Crippen LogP contribution in [0.3, 0.4) is 0 Å². The molecule has 120 valence electrons. The molecule has 1 saturated heterocycles. The van der Waals surface area contributed by atoms with Crippen LogP contribution in [-0.2, 0) is 16.1 Å². The number of benzene rings is 1. The summed E-state index contributed by atoms with van der Waals surface area (Å²) in [5.41, 5.74) is 1.41. The van der Waals surface area contributed by atoms with E-state index in [1.54, 1.807) is 0 Å². The van der Waals surface area contributed by atoms with Crippen LogP contribution in [-0.4, -0.2) is 30.6 Å². The molecule has 1 aromatic rings. The average Bonchev–Trinajstić information content (AvgIpc) is 2.47. The third-order valence-corrected chi connectivity index (χ3v) is 5.04. The molecule has 2 atom stereocenters. The van der Waals surface area contributed by atoms with Crippen LogP contribution in [0, 0.1) is 17.8 Å². The van der Waals surface area contributed by atoms with Gasteiger partial charge in [-0.3, -0.25) is 9.69 Å². The highest BCUT2D eigenvalue weighted by molar-refractivity contribution is 5.69. The molecule has 3 rings (SSSR count). The molecule has 1 saturated carbocycles. The fraction of sp³-hybridized carbons (Fsp3) is 0.632. The number of carbonyl (C=O) groups excluding carboxylic acids is 1. The van der Waals surface area contributed by atoms with Gasteiger partial charge in [-0.1, -0.05) is 30.3 Å². The Bertz CT molecular complexity index is 473. The van der Waals surface area contributed by atoms with E-state index < -0.39 is 0 Å². The van der Waals surface area contributed by atoms with E-state index >= 15 is 0 Å². The standard InChI is InChI=1S/C19H27NO2/c1-2-22-19(21)11-16-8-17-10-18(9-16)14-20(13-17)12-15-6-4-3-5-7-15/h3-7,16-18H,2,8-14H2,1H3. The number of hydrogen-bond acceptors (Lipinski definition) is 3. The molecule has 22 heavy (non-hydrogen) atoms. The van der Waals surface area contributed by atoms with Crippen LogP contribution in [0.4, 0.5) is 0 Å². The SMILES string of the molecule is CCOC(=O)CC1CC2CC(C1)CN(Cc1ccccc1)C2. The molecule has 0 spiro atoms. The predicted octanol–water partition coefficient (Wildman–Crippen LogP) is 3.49. The lowest BCUT2D eigenvalue weighted by Gasteiger charge is -2.44. The molecule has 2 aliphatic rings. The minimum atomic E-state index is -0.00591. The topological polar surface area (TPSA) is 29.5 Å². The highest BCUT2D eigenvalue weighted by atomic mass is 16.5. The molecule has 3 heteroatoms. The summed E-state index contributed by atoms with van der Waals surface area (Å²) in [4.78, 5) is 14.3. The Kier molecular flexibility index (Phi) is 5.14. The fourth-order valence-corrected chi connectivity index (χ4v) is 4.40. The molecular formula is C19H27NO2. The molecule has 0 amide bonds. The Labute approximate surface area is 133 Å². The Morgan fingerprint density at radius 3 is 2.45 bits per heavy atom. The van der Waals surface area contributed by atoms with Crippen molar-refractivity contribution >= 4 is 5.97 Å². The van der Waals surface area contributed by atoms with Crippen molar-refractivity contribution in [1.29, 1.82) is 0 Å². The molecule has 1 aliphatic carbocycles. The fourth-order valence-electron chi connectivity index (χ4n) is 4.40. The summed E-state index contributed by atoms with van der Waals surface area (Å²) >= 11 is 0. The number of piperidine rings is 1. The Balaban J connectivity index is 1.52. The van der Waals surface area contributed by atoms with Crippen LogP contribution in [0.25, 0.3) is 0 Å². The van der Waals surface area contributed by atoms with Gasteiger partial charge in [-0.2, -0.15) is 0 Å². The number of rotatable bonds is 5. The van der Waals surface area contributed by atoms with Crippen molar-refractivity contribution in [2.45, 2.75) is 39.2 Å². The van der Waals surface area contributed by atoms with Gasteiger partial charge >= 0.3 is 5.97 Å². The van der Waals surface area contributed by atoms with Gasteiger partial charge in [-0.05, 0) is 49.5 Å². The van der Waals surface area contributed by atoms with Crippen LogP contribution in [0.5, 0.6) is 0 Å². The molecule has 1 aliphatic heterocycles. The van der Waals surface area contributed by atoms with Crippen LogP contribution in [0.2, 0.25) is 0 Å². The number of carbonyl (C=O) groups is 1. The molecule has 3 nitrogen and oxygen atoms in total. The van der Waals surface area contributed by atoms with Crippen LogP contribution >= 0.6 is 0 Å². The summed E-state index contributed by atoms with van der Waals surface area (Å²) in [5, 5.41) is 0. The van der Waals surface area contributed by atoms with Crippen LogP contribution < -0.4 is 0 Å². The highest BCUT2D eigenvalue weighted by Gasteiger charge is 2.35. The van der Waals surface area contributed by atoms with Gasteiger partial charge in [0.1, 0.15) is 0 Å². The van der Waals surface area contributed by atoms with Gasteiger partial charge in [-0.15, -0.1) is 0 Å². The lowest BCUT2D eigenvalue weighted by atomic mass is 9.71. The van der Waals surface area contributed by atoms with Gasteiger partial charge < -0.3 is 4.74 Å². The molecule has 0 aromatic heterocycles. The van der Waals surface area contributed by atoms with Gasteiger partial charge in [0, 0.05) is 26.1 Å². The molecule has 0 radical (unpaired) electrons. The first-order chi connectivity index (χ1) is 10.7. The summed E-state index contributed by atoms with van der Waals surface area (Å²) in [5.74, 6) is 2.06. The van der Waals surface area contributed by atoms with Crippen molar-refractivity contribution in [2.75, 3.05) is 19.7 Å². The lowest BCUT2D eigenvalue weighted by molar-refractivity contribution is -0.145. The van der Waals surface area contributed by atoms with E-state index in [-0.39, 0.29) is 5.97 Å². The zero-order valence-electron chi connectivity index (χ0n) is 13.5. The summed E-state index contributed by atoms with van der Waals surface area (Å²) < 4.78 is 5.12. The quantitative estimate of drug-likeness (QED) is 0.780. The molecule has 1 heterocycles. The van der Waals surface area contributed by atoms with Crippen molar-refractivity contribution in [2.24, 2.45) is 17.8 Å². The van der Waals surface area contributed by atoms with Crippen LogP contribution in [0.15, 0.2) is 30.3 Å². The van der Waals surface area contributed by atoms with Gasteiger partial charge in [0.2, 0.25) is 0 Å². The Morgan fingerprint density at radius 1 is 1.14 bits per heavy atom. The maximum Gasteiger partial charge on any atom is 0.306 e. The molecule has 2 bridgehead atoms. The van der Waals surface area contributed by atoms with Crippen molar-refractivity contribution < 1.29 is 9.53 Å². The summed E-state index contributed by atoms with van der Waals surface area (Å²) in [6.07, 6.45) is 4.37. The number of fused-ring (bicyclic) bond motifs is 2. The number of hydrogen-bond donors (Lipinski definition) is 0. The van der Waals surface area contributed by atoms with Crippen molar-refractivity contribution in [1.82, 2.24) is 4.90 Å². The first-order valence-corrected chi connectivity index (χ1v) is 8.64. The minimum Gasteiger partial charge on any atom is -0.466 e. The monoisotopic (exact) mass is 301 g/mol. The first kappa shape index (κ1) is 15.5. The van der Waals surface area contributed by atoms with E-state index in [0.29, 0.717) is 18.9 Å². The van der Waals surface area contributed by atoms with Crippen molar-refractivity contribution in [3.63, 3.8) is 0 Å². The number of esters is 1. The Morgan fingerprint density at radius 2 is 1.82 bits per heavy atom. The zero-order valence-corrected chi connectivity index (χ0v) is 13.5. The maximum absolute atomic E-state index is 11.7. The summed E-state index contributed by atoms with van der Waals surface area (Å²) in [6, 6.07) is 10.8. The predicted molar refractivity (Wildman–Crippen MR) is 87.3 cm³/mol. The zero-order chi connectivity index (χ0) is 15.4. The van der Waals surface area contributed by atoms with E-state index in [4.69, 9.17) is 4.74 Å². The average molecular weight is 301 g/mol. The number of nitrogens with zero attached hydrogens (tertiary/aromatic N) is 1. The van der Waals surface area contributed by atoms with Crippen LogP contribution in [0.1, 0.15) is 38.2 Å². The second kappa shape index (κ2) is 7.28. The normalized spacial score (nSPS) is 28.3. The van der Waals surface area contributed by atoms with Crippen molar-refractivity contribution in [3.8, 4) is 0 Å². The van der Waals surface area contributed by atoms with Gasteiger partial charge in [-0.25, -0.2) is 0 Å². The summed E-state index contributed by atoms with van der Waals surface area (Å²) in [6.45, 7) is 5.82. The molecule has 2 fully saturated rings. The minimum absolute atomic E-state index is 0.00591. The Hall–Kier alpha value is -1.35. The third-order valence-electron chi connectivity index (χ3n) is 5.04. The first-order valence-electron chi connectivity index (χ1n) is 8.64. The smallest absolute Gasteiger partial charge is 0.306 e. The highest BCUT2D eigenvalue weighted by Crippen LogP contribution is 2.39. The van der Waals surface area contributed by atoms with E-state index in [0.717, 1.165) is 18.4 Å². The largest absolute Gasteiger partial charge is 0.466 e. The second-order valence-corrected chi connectivity index (χ2v) is 6.99. The van der Waals surface area contributed by atoms with E-state index in [9.17, 15) is 4.79 Å². The van der Waals surface area contributed by atoms with Crippen molar-refractivity contribution in [3.05, 3.63) is 35.9 Å². The number of likely N-dealkylation sites (tertiary alicyclic amines) is 1.